The van der Waals surface area contributed by atoms with Crippen molar-refractivity contribution in [2.75, 3.05) is 13.1 Å². The molecular formula is C18H26N2O3. The second-order valence-electron chi connectivity index (χ2n) is 7.01. The van der Waals surface area contributed by atoms with Gasteiger partial charge in [0, 0.05) is 19.0 Å². The van der Waals surface area contributed by atoms with E-state index in [1.165, 1.54) is 5.01 Å². The van der Waals surface area contributed by atoms with Gasteiger partial charge in [-0.05, 0) is 39.2 Å². The average molecular weight is 318 g/mol. The number of nitrogens with zero attached hydrogens (tertiary/aromatic N) is 2. The molecule has 1 aromatic carbocycles. The zero-order chi connectivity index (χ0) is 17.0. The van der Waals surface area contributed by atoms with Gasteiger partial charge in [-0.3, -0.25) is 4.79 Å². The van der Waals surface area contributed by atoms with Crippen LogP contribution in [-0.2, 0) is 16.0 Å². The van der Waals surface area contributed by atoms with E-state index >= 15 is 0 Å². The third-order valence-corrected chi connectivity index (χ3v) is 3.70. The Morgan fingerprint density at radius 3 is 2.35 bits per heavy atom. The molecule has 0 saturated carbocycles. The normalized spacial score (nSPS) is 16.3. The van der Waals surface area contributed by atoms with Crippen LogP contribution in [0, 0.1) is 5.92 Å². The maximum Gasteiger partial charge on any atom is 0.429 e. The van der Waals surface area contributed by atoms with Gasteiger partial charge in [0.15, 0.2) is 0 Å². The van der Waals surface area contributed by atoms with Crippen LogP contribution in [0.1, 0.15) is 39.7 Å². The average Bonchev–Trinajstić information content (AvgIpc) is 2.95. The molecule has 2 amide bonds. The van der Waals surface area contributed by atoms with Crippen molar-refractivity contribution in [3.8, 4) is 0 Å². The van der Waals surface area contributed by atoms with Gasteiger partial charge in [0.1, 0.15) is 5.60 Å². The standard InChI is InChI=1S/C18H26N2O3/c1-14(13-15-9-6-5-7-10-15)16(21)19-11-8-12-20(19)17(22)23-18(2,3)4/h5-7,9-10,14H,8,11-13H2,1-4H3/t14-/m0/s1. The molecule has 23 heavy (non-hydrogen) atoms. The lowest BCUT2D eigenvalue weighted by atomic mass is 10.0. The molecule has 1 atom stereocenters. The molecule has 1 fully saturated rings. The minimum atomic E-state index is -0.565. The summed E-state index contributed by atoms with van der Waals surface area (Å²) in [5.41, 5.74) is 0.556. The molecule has 0 unspecified atom stereocenters. The first-order chi connectivity index (χ1) is 10.8. The fourth-order valence-corrected chi connectivity index (χ4v) is 2.65. The maximum absolute atomic E-state index is 12.7. The minimum absolute atomic E-state index is 0.0304. The Labute approximate surface area is 138 Å². The van der Waals surface area contributed by atoms with Crippen LogP contribution in [-0.4, -0.2) is 40.7 Å². The maximum atomic E-state index is 12.7. The van der Waals surface area contributed by atoms with Gasteiger partial charge in [0.25, 0.3) is 0 Å². The van der Waals surface area contributed by atoms with Gasteiger partial charge >= 0.3 is 6.09 Å². The minimum Gasteiger partial charge on any atom is -0.442 e. The Bertz CT molecular complexity index is 551. The zero-order valence-electron chi connectivity index (χ0n) is 14.4. The van der Waals surface area contributed by atoms with Crippen molar-refractivity contribution in [1.29, 1.82) is 0 Å². The smallest absolute Gasteiger partial charge is 0.429 e. The van der Waals surface area contributed by atoms with Crippen LogP contribution in [0.5, 0.6) is 0 Å². The fraction of sp³-hybridized carbons (Fsp3) is 0.556. The van der Waals surface area contributed by atoms with Crippen molar-refractivity contribution in [2.24, 2.45) is 5.92 Å². The van der Waals surface area contributed by atoms with Gasteiger partial charge in [0.2, 0.25) is 5.91 Å². The van der Waals surface area contributed by atoms with E-state index in [0.717, 1.165) is 12.0 Å². The lowest BCUT2D eigenvalue weighted by Crippen LogP contribution is -2.48. The van der Waals surface area contributed by atoms with Gasteiger partial charge in [-0.2, -0.15) is 0 Å². The summed E-state index contributed by atoms with van der Waals surface area (Å²) in [6.45, 7) is 8.47. The predicted octanol–water partition coefficient (Wildman–Crippen LogP) is 3.25. The number of rotatable bonds is 3. The Hall–Kier alpha value is -2.04. The molecule has 0 N–H and O–H groups in total. The molecule has 2 rings (SSSR count). The van der Waals surface area contributed by atoms with E-state index in [0.29, 0.717) is 19.5 Å². The van der Waals surface area contributed by atoms with Crippen LogP contribution in [0.25, 0.3) is 0 Å². The van der Waals surface area contributed by atoms with Crippen LogP contribution in [0.2, 0.25) is 0 Å². The third kappa shape index (κ3) is 4.71. The first-order valence-corrected chi connectivity index (χ1v) is 8.13. The van der Waals surface area contributed by atoms with Crippen LogP contribution in [0.4, 0.5) is 4.79 Å². The second kappa shape index (κ2) is 7.02. The van der Waals surface area contributed by atoms with Crippen LogP contribution >= 0.6 is 0 Å². The van der Waals surface area contributed by atoms with Gasteiger partial charge in [-0.15, -0.1) is 0 Å². The Morgan fingerprint density at radius 2 is 1.74 bits per heavy atom. The molecule has 5 heteroatoms. The largest absolute Gasteiger partial charge is 0.442 e. The molecule has 1 heterocycles. The van der Waals surface area contributed by atoms with E-state index in [2.05, 4.69) is 0 Å². The lowest BCUT2D eigenvalue weighted by Gasteiger charge is -2.31. The summed E-state index contributed by atoms with van der Waals surface area (Å²) >= 11 is 0. The number of ether oxygens (including phenoxy) is 1. The first-order valence-electron chi connectivity index (χ1n) is 8.13. The number of hydrazine groups is 1. The highest BCUT2D eigenvalue weighted by Crippen LogP contribution is 2.20. The van der Waals surface area contributed by atoms with Crippen molar-refractivity contribution in [1.82, 2.24) is 10.0 Å². The molecular weight excluding hydrogens is 292 g/mol. The monoisotopic (exact) mass is 318 g/mol. The molecule has 126 valence electrons. The van der Waals surface area contributed by atoms with Crippen LogP contribution in [0.15, 0.2) is 30.3 Å². The van der Waals surface area contributed by atoms with E-state index in [-0.39, 0.29) is 11.8 Å². The zero-order valence-corrected chi connectivity index (χ0v) is 14.4. The molecule has 0 bridgehead atoms. The van der Waals surface area contributed by atoms with E-state index < -0.39 is 11.7 Å². The van der Waals surface area contributed by atoms with Gasteiger partial charge in [-0.25, -0.2) is 14.8 Å². The van der Waals surface area contributed by atoms with E-state index in [4.69, 9.17) is 4.74 Å². The number of benzene rings is 1. The third-order valence-electron chi connectivity index (χ3n) is 3.70. The topological polar surface area (TPSA) is 49.9 Å². The van der Waals surface area contributed by atoms with E-state index in [1.54, 1.807) is 5.01 Å². The Morgan fingerprint density at radius 1 is 1.13 bits per heavy atom. The molecule has 0 spiro atoms. The number of hydrogen-bond acceptors (Lipinski definition) is 3. The molecule has 1 aliphatic heterocycles. The second-order valence-corrected chi connectivity index (χ2v) is 7.01. The highest BCUT2D eigenvalue weighted by atomic mass is 16.6. The van der Waals surface area contributed by atoms with Crippen molar-refractivity contribution >= 4 is 12.0 Å². The summed E-state index contributed by atoms with van der Waals surface area (Å²) in [6.07, 6.45) is 0.997. The van der Waals surface area contributed by atoms with E-state index in [1.807, 2.05) is 58.0 Å². The predicted molar refractivity (Wildman–Crippen MR) is 88.6 cm³/mol. The summed E-state index contributed by atoms with van der Waals surface area (Å²) < 4.78 is 5.39. The molecule has 5 nitrogen and oxygen atoms in total. The van der Waals surface area contributed by atoms with Crippen molar-refractivity contribution < 1.29 is 14.3 Å². The summed E-state index contributed by atoms with van der Waals surface area (Å²) in [5.74, 6) is -0.211. The van der Waals surface area contributed by atoms with Crippen molar-refractivity contribution in [2.45, 2.75) is 46.1 Å². The van der Waals surface area contributed by atoms with Gasteiger partial charge < -0.3 is 4.74 Å². The van der Waals surface area contributed by atoms with Crippen molar-refractivity contribution in [3.63, 3.8) is 0 Å². The molecule has 1 aliphatic rings. The van der Waals surface area contributed by atoms with E-state index in [9.17, 15) is 9.59 Å². The number of amides is 2. The van der Waals surface area contributed by atoms with Crippen molar-refractivity contribution in [3.05, 3.63) is 35.9 Å². The van der Waals surface area contributed by atoms with Crippen LogP contribution < -0.4 is 0 Å². The number of carbonyl (C=O) groups is 2. The summed E-state index contributed by atoms with van der Waals surface area (Å²) in [6, 6.07) is 9.92. The SMILES string of the molecule is C[C@@H](Cc1ccccc1)C(=O)N1CCCN1C(=O)OC(C)(C)C. The lowest BCUT2D eigenvalue weighted by molar-refractivity contribution is -0.146. The molecule has 0 aromatic heterocycles. The number of carbonyl (C=O) groups excluding carboxylic acids is 2. The van der Waals surface area contributed by atoms with Gasteiger partial charge in [0.05, 0.1) is 0 Å². The highest BCUT2D eigenvalue weighted by molar-refractivity contribution is 5.81. The Kier molecular flexibility index (Phi) is 5.29. The highest BCUT2D eigenvalue weighted by Gasteiger charge is 2.35. The molecule has 0 aliphatic carbocycles. The molecule has 1 aromatic rings. The summed E-state index contributed by atoms with van der Waals surface area (Å²) in [7, 11) is 0. The Balaban J connectivity index is 2.01. The van der Waals surface area contributed by atoms with Crippen LogP contribution in [0.3, 0.4) is 0 Å². The first kappa shape index (κ1) is 17.3. The molecule has 1 saturated heterocycles. The molecule has 0 radical (unpaired) electrons. The fourth-order valence-electron chi connectivity index (χ4n) is 2.65. The quantitative estimate of drug-likeness (QED) is 0.859. The summed E-state index contributed by atoms with van der Waals surface area (Å²) in [5, 5.41) is 2.98. The van der Waals surface area contributed by atoms with Gasteiger partial charge in [-0.1, -0.05) is 37.3 Å². The summed E-state index contributed by atoms with van der Waals surface area (Å²) in [4.78, 5) is 25.0. The number of hydrogen-bond donors (Lipinski definition) is 0.